The van der Waals surface area contributed by atoms with E-state index in [4.69, 9.17) is 9.73 Å². The molecule has 1 aliphatic carbocycles. The van der Waals surface area contributed by atoms with Gasteiger partial charge in [-0.15, -0.1) is 0 Å². The third-order valence-electron chi connectivity index (χ3n) is 5.53. The maximum Gasteiger partial charge on any atom is 0.191 e. The number of nitrogens with zero attached hydrogens (tertiary/aromatic N) is 4. The molecule has 152 valence electrons. The molecule has 28 heavy (non-hydrogen) atoms. The van der Waals surface area contributed by atoms with Crippen LogP contribution in [0.3, 0.4) is 0 Å². The predicted molar refractivity (Wildman–Crippen MR) is 112 cm³/mol. The van der Waals surface area contributed by atoms with Crippen molar-refractivity contribution < 1.29 is 4.74 Å². The molecule has 0 radical (unpaired) electrons. The van der Waals surface area contributed by atoms with Gasteiger partial charge < -0.3 is 15.4 Å². The number of aromatic nitrogens is 3. The van der Waals surface area contributed by atoms with Crippen molar-refractivity contribution in [2.75, 3.05) is 26.8 Å². The van der Waals surface area contributed by atoms with Gasteiger partial charge in [-0.05, 0) is 50.2 Å². The Hall–Kier alpha value is -2.41. The second-order valence-corrected chi connectivity index (χ2v) is 7.51. The molecular formula is C21H32N6O. The molecular weight excluding hydrogens is 352 g/mol. The minimum Gasteiger partial charge on any atom is -0.385 e. The average Bonchev–Trinajstić information content (AvgIpc) is 3.11. The van der Waals surface area contributed by atoms with Crippen molar-refractivity contribution in [1.29, 1.82) is 0 Å². The van der Waals surface area contributed by atoms with Crippen LogP contribution in [0.15, 0.2) is 35.7 Å². The summed E-state index contributed by atoms with van der Waals surface area (Å²) in [5.74, 6) is 2.66. The van der Waals surface area contributed by atoms with E-state index in [1.807, 2.05) is 30.0 Å². The SMILES string of the molecule is CCNC(=NCc1ccc(-n2ccnc2C)nc1)NCC1(CCOC)CCC1. The van der Waals surface area contributed by atoms with Gasteiger partial charge in [0.2, 0.25) is 0 Å². The smallest absolute Gasteiger partial charge is 0.191 e. The number of imidazole rings is 1. The molecule has 3 rings (SSSR count). The lowest BCUT2D eigenvalue weighted by atomic mass is 9.67. The highest BCUT2D eigenvalue weighted by Crippen LogP contribution is 2.43. The highest BCUT2D eigenvalue weighted by molar-refractivity contribution is 5.79. The normalized spacial score (nSPS) is 15.9. The lowest BCUT2D eigenvalue weighted by molar-refractivity contribution is 0.0732. The molecule has 2 aromatic heterocycles. The van der Waals surface area contributed by atoms with Crippen LogP contribution in [0.2, 0.25) is 0 Å². The summed E-state index contributed by atoms with van der Waals surface area (Å²) in [5.41, 5.74) is 1.44. The summed E-state index contributed by atoms with van der Waals surface area (Å²) < 4.78 is 7.26. The first kappa shape index (κ1) is 20.3. The molecule has 2 heterocycles. The summed E-state index contributed by atoms with van der Waals surface area (Å²) in [4.78, 5) is 13.5. The second kappa shape index (κ2) is 9.68. The Bertz CT molecular complexity index is 763. The number of aliphatic imine (C=N–C) groups is 1. The van der Waals surface area contributed by atoms with E-state index < -0.39 is 0 Å². The molecule has 0 aliphatic heterocycles. The van der Waals surface area contributed by atoms with Gasteiger partial charge >= 0.3 is 0 Å². The molecule has 0 saturated heterocycles. The molecule has 0 amide bonds. The highest BCUT2D eigenvalue weighted by Gasteiger charge is 2.36. The zero-order valence-electron chi connectivity index (χ0n) is 17.2. The molecule has 0 spiro atoms. The number of ether oxygens (including phenoxy) is 1. The van der Waals surface area contributed by atoms with Gasteiger partial charge in [-0.1, -0.05) is 12.5 Å². The number of nitrogens with one attached hydrogen (secondary N) is 2. The van der Waals surface area contributed by atoms with Crippen molar-refractivity contribution >= 4 is 5.96 Å². The number of rotatable bonds is 9. The molecule has 2 aromatic rings. The zero-order valence-corrected chi connectivity index (χ0v) is 17.2. The van der Waals surface area contributed by atoms with Crippen LogP contribution in [0.25, 0.3) is 5.82 Å². The van der Waals surface area contributed by atoms with Gasteiger partial charge in [-0.2, -0.15) is 0 Å². The average molecular weight is 385 g/mol. The van der Waals surface area contributed by atoms with Crippen LogP contribution >= 0.6 is 0 Å². The largest absolute Gasteiger partial charge is 0.385 e. The predicted octanol–water partition coefficient (Wildman–Crippen LogP) is 2.84. The standard InChI is InChI=1S/C21H32N6O/c1-4-22-20(26-16-21(8-5-9-21)10-13-28-3)25-15-18-6-7-19(24-14-18)27-12-11-23-17(27)2/h6-7,11-12,14H,4-5,8-10,13,15-16H2,1-3H3,(H2,22,25,26). The van der Waals surface area contributed by atoms with Crippen LogP contribution in [-0.4, -0.2) is 47.3 Å². The van der Waals surface area contributed by atoms with Crippen molar-refractivity contribution in [2.45, 2.75) is 46.1 Å². The van der Waals surface area contributed by atoms with Gasteiger partial charge in [-0.3, -0.25) is 4.57 Å². The summed E-state index contributed by atoms with van der Waals surface area (Å²) in [6.45, 7) is 7.26. The lowest BCUT2D eigenvalue weighted by Gasteiger charge is -2.42. The maximum atomic E-state index is 5.29. The summed E-state index contributed by atoms with van der Waals surface area (Å²) in [5, 5.41) is 6.88. The molecule has 7 nitrogen and oxygen atoms in total. The Balaban J connectivity index is 1.58. The third kappa shape index (κ3) is 5.10. The van der Waals surface area contributed by atoms with E-state index in [-0.39, 0.29) is 0 Å². The minimum atomic E-state index is 0.359. The molecule has 0 atom stereocenters. The van der Waals surface area contributed by atoms with E-state index in [1.165, 1.54) is 19.3 Å². The van der Waals surface area contributed by atoms with Crippen molar-refractivity contribution in [3.63, 3.8) is 0 Å². The topological polar surface area (TPSA) is 76.4 Å². The van der Waals surface area contributed by atoms with Crippen molar-refractivity contribution in [3.8, 4) is 5.82 Å². The summed E-state index contributed by atoms with van der Waals surface area (Å²) >= 11 is 0. The third-order valence-corrected chi connectivity index (χ3v) is 5.53. The van der Waals surface area contributed by atoms with E-state index in [1.54, 1.807) is 13.3 Å². The van der Waals surface area contributed by atoms with Gasteiger partial charge in [0.1, 0.15) is 11.6 Å². The van der Waals surface area contributed by atoms with E-state index in [2.05, 4.69) is 33.6 Å². The summed E-state index contributed by atoms with van der Waals surface area (Å²) in [7, 11) is 1.78. The number of hydrogen-bond donors (Lipinski definition) is 2. The zero-order chi connectivity index (χ0) is 19.8. The first-order chi connectivity index (χ1) is 13.7. The first-order valence-electron chi connectivity index (χ1n) is 10.1. The molecule has 0 unspecified atom stereocenters. The number of methoxy groups -OCH3 is 1. The quantitative estimate of drug-likeness (QED) is 0.514. The van der Waals surface area contributed by atoms with Gasteiger partial charge in [0.25, 0.3) is 0 Å². The Morgan fingerprint density at radius 2 is 2.14 bits per heavy atom. The van der Waals surface area contributed by atoms with Gasteiger partial charge in [0.15, 0.2) is 5.96 Å². The van der Waals surface area contributed by atoms with E-state index in [9.17, 15) is 0 Å². The lowest BCUT2D eigenvalue weighted by Crippen LogP contribution is -2.46. The number of guanidine groups is 1. The number of hydrogen-bond acceptors (Lipinski definition) is 4. The Labute approximate surface area is 167 Å². The van der Waals surface area contributed by atoms with Gasteiger partial charge in [-0.25, -0.2) is 15.0 Å². The molecule has 2 N–H and O–H groups in total. The van der Waals surface area contributed by atoms with E-state index in [0.717, 1.165) is 49.3 Å². The molecule has 1 fully saturated rings. The fraction of sp³-hybridized carbons (Fsp3) is 0.571. The van der Waals surface area contributed by atoms with Crippen LogP contribution in [-0.2, 0) is 11.3 Å². The van der Waals surface area contributed by atoms with Gasteiger partial charge in [0.05, 0.1) is 6.54 Å². The Morgan fingerprint density at radius 3 is 2.71 bits per heavy atom. The van der Waals surface area contributed by atoms with Crippen LogP contribution in [0, 0.1) is 12.3 Å². The van der Waals surface area contributed by atoms with E-state index >= 15 is 0 Å². The molecule has 7 heteroatoms. The van der Waals surface area contributed by atoms with Gasteiger partial charge in [0, 0.05) is 45.4 Å². The fourth-order valence-electron chi connectivity index (χ4n) is 3.57. The maximum absolute atomic E-state index is 5.29. The Morgan fingerprint density at radius 1 is 1.29 bits per heavy atom. The monoisotopic (exact) mass is 384 g/mol. The molecule has 1 aliphatic rings. The molecule has 1 saturated carbocycles. The molecule has 0 bridgehead atoms. The first-order valence-corrected chi connectivity index (χ1v) is 10.1. The second-order valence-electron chi connectivity index (χ2n) is 7.51. The Kier molecular flexibility index (Phi) is 7.03. The van der Waals surface area contributed by atoms with Crippen molar-refractivity contribution in [3.05, 3.63) is 42.1 Å². The van der Waals surface area contributed by atoms with E-state index in [0.29, 0.717) is 12.0 Å². The summed E-state index contributed by atoms with van der Waals surface area (Å²) in [6, 6.07) is 4.08. The van der Waals surface area contributed by atoms with Crippen LogP contribution < -0.4 is 10.6 Å². The summed E-state index contributed by atoms with van der Waals surface area (Å²) in [6.07, 6.45) is 10.5. The molecule has 0 aromatic carbocycles. The minimum absolute atomic E-state index is 0.359. The number of pyridine rings is 1. The fourth-order valence-corrected chi connectivity index (χ4v) is 3.57. The number of aryl methyl sites for hydroxylation is 1. The van der Waals surface area contributed by atoms with Crippen molar-refractivity contribution in [1.82, 2.24) is 25.2 Å². The van der Waals surface area contributed by atoms with Crippen LogP contribution in [0.1, 0.15) is 44.0 Å². The van der Waals surface area contributed by atoms with Crippen molar-refractivity contribution in [2.24, 2.45) is 10.4 Å². The van der Waals surface area contributed by atoms with Crippen LogP contribution in [0.4, 0.5) is 0 Å². The van der Waals surface area contributed by atoms with Crippen LogP contribution in [0.5, 0.6) is 0 Å². The highest BCUT2D eigenvalue weighted by atomic mass is 16.5.